The van der Waals surface area contributed by atoms with E-state index in [2.05, 4.69) is 20.6 Å². The first-order valence-corrected chi connectivity index (χ1v) is 12.7. The highest BCUT2D eigenvalue weighted by molar-refractivity contribution is 6.03. The van der Waals surface area contributed by atoms with Crippen LogP contribution < -0.4 is 19.8 Å². The summed E-state index contributed by atoms with van der Waals surface area (Å²) >= 11 is 0. The van der Waals surface area contributed by atoms with Crippen molar-refractivity contribution in [2.75, 3.05) is 10.6 Å². The Labute approximate surface area is 233 Å². The molecule has 0 bridgehead atoms. The van der Waals surface area contributed by atoms with E-state index in [4.69, 9.17) is 4.74 Å². The number of aromatic nitrogens is 3. The second-order valence-electron chi connectivity index (χ2n) is 9.66. The number of benzene rings is 2. The number of anilines is 2. The summed E-state index contributed by atoms with van der Waals surface area (Å²) in [4.78, 5) is 32.4. The van der Waals surface area contributed by atoms with Gasteiger partial charge in [-0.05, 0) is 73.9 Å². The smallest absolute Gasteiger partial charge is 0.285 e. The van der Waals surface area contributed by atoms with E-state index in [1.54, 1.807) is 53.2 Å². The summed E-state index contributed by atoms with van der Waals surface area (Å²) in [6, 6.07) is 16.7. The van der Waals surface area contributed by atoms with E-state index in [0.29, 0.717) is 22.8 Å². The summed E-state index contributed by atoms with van der Waals surface area (Å²) in [7, 11) is 0. The largest absolute Gasteiger partial charge is 0.870 e. The Bertz CT molecular complexity index is 1770. The molecule has 1 aliphatic rings. The molecule has 2 aromatic carbocycles. The number of fused-ring (bicyclic) bond motifs is 1. The van der Waals surface area contributed by atoms with Crippen molar-refractivity contribution < 1.29 is 33.0 Å². The number of nitrogens with one attached hydrogen (secondary N) is 3. The predicted octanol–water partition coefficient (Wildman–Crippen LogP) is 5.62. The lowest BCUT2D eigenvalue weighted by Gasteiger charge is -2.10. The minimum atomic E-state index is -0.668. The normalized spacial score (nSPS) is 12.5. The van der Waals surface area contributed by atoms with Gasteiger partial charge in [-0.1, -0.05) is 6.07 Å². The van der Waals surface area contributed by atoms with Crippen LogP contribution in [0.3, 0.4) is 0 Å². The Balaban J connectivity index is 0.00000337. The first-order chi connectivity index (χ1) is 19.3. The van der Waals surface area contributed by atoms with Crippen LogP contribution in [0, 0.1) is 24.5 Å². The maximum atomic E-state index is 14.9. The molecule has 0 aliphatic heterocycles. The number of rotatable bonds is 7. The summed E-state index contributed by atoms with van der Waals surface area (Å²) in [6.07, 6.45) is 5.20. The van der Waals surface area contributed by atoms with Gasteiger partial charge in [0.2, 0.25) is 11.7 Å². The van der Waals surface area contributed by atoms with Crippen LogP contribution in [0.15, 0.2) is 79.1 Å². The highest BCUT2D eigenvalue weighted by Crippen LogP contribution is 2.30. The number of H-pyrrole nitrogens is 1. The number of imidazole rings is 1. The average molecular weight is 558 g/mol. The highest BCUT2D eigenvalue weighted by atomic mass is 19.1. The Morgan fingerprint density at radius 2 is 1.76 bits per heavy atom. The molecule has 9 nitrogen and oxygen atoms in total. The van der Waals surface area contributed by atoms with Gasteiger partial charge >= 0.3 is 0 Å². The van der Waals surface area contributed by atoms with Crippen molar-refractivity contribution in [1.82, 2.24) is 9.97 Å². The molecule has 3 aromatic heterocycles. The third-order valence-corrected chi connectivity index (χ3v) is 6.55. The van der Waals surface area contributed by atoms with Crippen LogP contribution in [-0.4, -0.2) is 27.3 Å². The summed E-state index contributed by atoms with van der Waals surface area (Å²) in [5, 5.41) is 5.50. The highest BCUT2D eigenvalue weighted by Gasteiger charge is 2.30. The van der Waals surface area contributed by atoms with Crippen molar-refractivity contribution >= 4 is 29.0 Å². The van der Waals surface area contributed by atoms with Crippen molar-refractivity contribution in [3.05, 3.63) is 102 Å². The van der Waals surface area contributed by atoms with Crippen molar-refractivity contribution in [2.24, 2.45) is 5.92 Å². The number of carbonyl (C=O) groups is 2. The lowest BCUT2D eigenvalue weighted by atomic mass is 10.1. The second kappa shape index (κ2) is 11.1. The fourth-order valence-corrected chi connectivity index (χ4v) is 4.26. The number of halogens is 2. The zero-order valence-corrected chi connectivity index (χ0v) is 21.8. The van der Waals surface area contributed by atoms with Gasteiger partial charge in [0, 0.05) is 29.3 Å². The summed E-state index contributed by atoms with van der Waals surface area (Å²) in [5.74, 6) is -0.562. The number of aryl methyl sites for hydroxylation is 1. The Morgan fingerprint density at radius 3 is 2.49 bits per heavy atom. The lowest BCUT2D eigenvalue weighted by molar-refractivity contribution is -0.510. The van der Waals surface area contributed by atoms with Crippen LogP contribution in [-0.2, 0) is 4.79 Å². The molecule has 0 radical (unpaired) electrons. The van der Waals surface area contributed by atoms with Gasteiger partial charge in [0.25, 0.3) is 11.6 Å². The molecule has 11 heteroatoms. The van der Waals surface area contributed by atoms with Crippen molar-refractivity contribution in [3.63, 3.8) is 0 Å². The topological polar surface area (TPSA) is 130 Å². The number of amides is 2. The van der Waals surface area contributed by atoms with E-state index >= 15 is 0 Å². The van der Waals surface area contributed by atoms with Gasteiger partial charge in [-0.15, -0.1) is 0 Å². The van der Waals surface area contributed by atoms with Gasteiger partial charge in [-0.3, -0.25) is 14.9 Å². The maximum Gasteiger partial charge on any atom is 0.285 e. The number of ether oxygens (including phenoxy) is 1. The van der Waals surface area contributed by atoms with Crippen LogP contribution >= 0.6 is 0 Å². The fraction of sp³-hybridized carbons (Fsp3) is 0.133. The van der Waals surface area contributed by atoms with Gasteiger partial charge in [0.1, 0.15) is 17.7 Å². The lowest BCUT2D eigenvalue weighted by Crippen LogP contribution is -2.18. The van der Waals surface area contributed by atoms with Crippen LogP contribution in [0.1, 0.15) is 28.9 Å². The van der Waals surface area contributed by atoms with Crippen molar-refractivity contribution in [2.45, 2.75) is 19.8 Å². The quantitative estimate of drug-likeness (QED) is 0.224. The second-order valence-corrected chi connectivity index (χ2v) is 9.66. The van der Waals surface area contributed by atoms with E-state index in [1.165, 1.54) is 24.3 Å². The zero-order valence-electron chi connectivity index (χ0n) is 21.8. The Hall–Kier alpha value is -5.16. The van der Waals surface area contributed by atoms with Crippen molar-refractivity contribution in [1.29, 1.82) is 0 Å². The minimum absolute atomic E-state index is 0. The van der Waals surface area contributed by atoms with Gasteiger partial charge in [-0.25, -0.2) is 18.7 Å². The number of nitrogens with zero attached hydrogens (tertiary/aromatic N) is 2. The van der Waals surface area contributed by atoms with Crippen LogP contribution in [0.4, 0.5) is 20.3 Å². The molecular weight excluding hydrogens is 532 g/mol. The third-order valence-electron chi connectivity index (χ3n) is 6.55. The molecule has 1 aliphatic carbocycles. The van der Waals surface area contributed by atoms with Crippen LogP contribution in [0.25, 0.3) is 16.9 Å². The van der Waals surface area contributed by atoms with E-state index in [-0.39, 0.29) is 40.2 Å². The molecule has 0 unspecified atom stereocenters. The van der Waals surface area contributed by atoms with Crippen LogP contribution in [0.2, 0.25) is 0 Å². The molecular formula is C30H25F2N5O4. The Morgan fingerprint density at radius 1 is 0.976 bits per heavy atom. The first-order valence-electron chi connectivity index (χ1n) is 12.7. The van der Waals surface area contributed by atoms with Crippen LogP contribution in [0.5, 0.6) is 11.5 Å². The zero-order chi connectivity index (χ0) is 27.8. The maximum absolute atomic E-state index is 14.9. The summed E-state index contributed by atoms with van der Waals surface area (Å²) in [6.45, 7) is 1.85. The molecule has 41 heavy (non-hydrogen) atoms. The number of pyridine rings is 2. The van der Waals surface area contributed by atoms with Crippen molar-refractivity contribution in [3.8, 4) is 22.8 Å². The van der Waals surface area contributed by atoms with Gasteiger partial charge in [-0.2, -0.15) is 4.40 Å². The number of hydrogen-bond donors (Lipinski definition) is 3. The molecule has 0 spiro atoms. The van der Waals surface area contributed by atoms with Gasteiger partial charge < -0.3 is 15.5 Å². The molecule has 2 amide bonds. The number of hydrogen-bond acceptors (Lipinski definition) is 5. The fourth-order valence-electron chi connectivity index (χ4n) is 4.26. The van der Waals surface area contributed by atoms with Gasteiger partial charge in [0.15, 0.2) is 23.5 Å². The third kappa shape index (κ3) is 6.04. The number of carbonyl (C=O) groups excluding carboxylic acids is 2. The molecule has 1 fully saturated rings. The van der Waals surface area contributed by atoms with E-state index in [0.717, 1.165) is 30.1 Å². The average Bonchev–Trinajstić information content (AvgIpc) is 3.71. The molecule has 5 aromatic rings. The molecule has 6 rings (SSSR count). The van der Waals surface area contributed by atoms with E-state index < -0.39 is 11.7 Å². The molecule has 4 N–H and O–H groups in total. The SMILES string of the molecule is Cc1ccc(C(=O)Nc2ccc(Oc3ccc4[nH]c(NC(=O)C5CC5)c[n+]4c3)c(F)c2)nc1-c1ccc(F)cc1.[OH-]. The minimum Gasteiger partial charge on any atom is -0.870 e. The monoisotopic (exact) mass is 557 g/mol. The number of aromatic amines is 1. The molecule has 3 heterocycles. The molecule has 208 valence electrons. The molecule has 0 saturated heterocycles. The summed E-state index contributed by atoms with van der Waals surface area (Å²) < 4.78 is 35.7. The molecule has 1 saturated carbocycles. The van der Waals surface area contributed by atoms with E-state index in [9.17, 15) is 18.4 Å². The standard InChI is InChI=1S/C30H23F2N5O3.H2O/c1-17-2-11-24(34-28(17)18-5-7-20(31)8-6-18)30(39)33-21-9-12-25(23(32)14-21)40-22-10-13-27-35-26(16-37(27)15-22)36-29(38)19-3-4-19;/h2,5-16,19H,3-4H2,1H3,(H2,33,36,38,39);1H2. The van der Waals surface area contributed by atoms with Gasteiger partial charge in [0.05, 0.1) is 5.69 Å². The molecule has 0 atom stereocenters. The predicted molar refractivity (Wildman–Crippen MR) is 146 cm³/mol. The first kappa shape index (κ1) is 27.4. The summed E-state index contributed by atoms with van der Waals surface area (Å²) in [5.41, 5.74) is 3.14. The van der Waals surface area contributed by atoms with E-state index in [1.807, 2.05) is 6.92 Å². The Kier molecular flexibility index (Phi) is 7.45.